The summed E-state index contributed by atoms with van der Waals surface area (Å²) >= 11 is 3.38. The number of nitrogens with zero attached hydrogens (tertiary/aromatic N) is 1. The maximum Gasteiger partial charge on any atom is 0.133 e. The summed E-state index contributed by atoms with van der Waals surface area (Å²) < 4.78 is 12.7. The van der Waals surface area contributed by atoms with Gasteiger partial charge in [-0.15, -0.1) is 0 Å². The van der Waals surface area contributed by atoms with Crippen LogP contribution in [0.5, 0.6) is 0 Å². The second-order valence-corrected chi connectivity index (χ2v) is 4.01. The molecule has 1 heterocycles. The molecule has 13 heavy (non-hydrogen) atoms. The first-order chi connectivity index (χ1) is 6.29. The number of hydrogen-bond acceptors (Lipinski definition) is 2. The van der Waals surface area contributed by atoms with Crippen LogP contribution in [0.15, 0.2) is 28.7 Å². The topological polar surface area (TPSA) is 12.5 Å². The lowest BCUT2D eigenvalue weighted by Gasteiger charge is -2.38. The van der Waals surface area contributed by atoms with Gasteiger partial charge in [-0.1, -0.05) is 22.0 Å². The Labute approximate surface area is 84.3 Å². The summed E-state index contributed by atoms with van der Waals surface area (Å²) in [5.41, 5.74) is 1.10. The van der Waals surface area contributed by atoms with Crippen LogP contribution in [-0.2, 0) is 4.94 Å². The van der Waals surface area contributed by atoms with E-state index in [0.717, 1.165) is 10.2 Å². The zero-order chi connectivity index (χ0) is 9.26. The third kappa shape index (κ3) is 1.84. The van der Waals surface area contributed by atoms with Crippen molar-refractivity contribution in [2.45, 2.75) is 6.10 Å². The summed E-state index contributed by atoms with van der Waals surface area (Å²) in [6.07, 6.45) is -0.251. The number of halogens is 2. The van der Waals surface area contributed by atoms with Crippen molar-refractivity contribution in [1.82, 2.24) is 0 Å². The van der Waals surface area contributed by atoms with Crippen molar-refractivity contribution in [1.29, 1.82) is 0 Å². The molecule has 1 aromatic carbocycles. The lowest BCUT2D eigenvalue weighted by molar-refractivity contribution is -0.185. The minimum Gasteiger partial charge on any atom is -0.366 e. The number of hydrogen-bond donors (Lipinski definition) is 0. The number of anilines is 1. The predicted molar refractivity (Wildman–Crippen MR) is 52.3 cm³/mol. The standard InChI is InChI=1S/C9H9BrFNO/c10-7-2-1-3-8(4-7)12-5-9(6-12)13-11/h1-4,9H,5-6H2. The monoisotopic (exact) mass is 245 g/mol. The summed E-state index contributed by atoms with van der Waals surface area (Å²) in [7, 11) is 0. The van der Waals surface area contributed by atoms with Crippen LogP contribution in [0.1, 0.15) is 0 Å². The summed E-state index contributed by atoms with van der Waals surface area (Å²) in [6.45, 7) is 1.26. The van der Waals surface area contributed by atoms with Crippen molar-refractivity contribution in [3.63, 3.8) is 0 Å². The first-order valence-electron chi connectivity index (χ1n) is 4.07. The van der Waals surface area contributed by atoms with Crippen molar-refractivity contribution in [2.75, 3.05) is 18.0 Å². The van der Waals surface area contributed by atoms with Crippen LogP contribution < -0.4 is 4.90 Å². The van der Waals surface area contributed by atoms with E-state index >= 15 is 0 Å². The molecule has 0 aromatic heterocycles. The number of rotatable bonds is 2. The van der Waals surface area contributed by atoms with Crippen LogP contribution in [0.4, 0.5) is 10.2 Å². The Balaban J connectivity index is 2.03. The van der Waals surface area contributed by atoms with Crippen molar-refractivity contribution < 1.29 is 9.47 Å². The third-order valence-electron chi connectivity index (χ3n) is 2.15. The molecule has 0 atom stereocenters. The van der Waals surface area contributed by atoms with E-state index in [1.54, 1.807) is 0 Å². The molecule has 0 bridgehead atoms. The Morgan fingerprint density at radius 2 is 2.23 bits per heavy atom. The molecule has 0 N–H and O–H groups in total. The fourth-order valence-electron chi connectivity index (χ4n) is 1.38. The average molecular weight is 246 g/mol. The van der Waals surface area contributed by atoms with Crippen LogP contribution in [0, 0.1) is 0 Å². The van der Waals surface area contributed by atoms with Crippen LogP contribution in [0.2, 0.25) is 0 Å². The molecule has 0 aliphatic carbocycles. The highest BCUT2D eigenvalue weighted by atomic mass is 79.9. The van der Waals surface area contributed by atoms with Crippen molar-refractivity contribution >= 4 is 21.6 Å². The van der Waals surface area contributed by atoms with E-state index in [0.29, 0.717) is 13.1 Å². The molecule has 2 rings (SSSR count). The van der Waals surface area contributed by atoms with Gasteiger partial charge in [0.05, 0.1) is 0 Å². The van der Waals surface area contributed by atoms with E-state index in [1.807, 2.05) is 24.3 Å². The zero-order valence-corrected chi connectivity index (χ0v) is 8.50. The molecule has 0 unspecified atom stereocenters. The van der Waals surface area contributed by atoms with Crippen LogP contribution in [0.25, 0.3) is 0 Å². The summed E-state index contributed by atoms with van der Waals surface area (Å²) in [5.74, 6) is 0. The molecule has 1 aliphatic rings. The van der Waals surface area contributed by atoms with Gasteiger partial charge >= 0.3 is 0 Å². The quantitative estimate of drug-likeness (QED) is 0.795. The molecule has 1 saturated heterocycles. The van der Waals surface area contributed by atoms with Gasteiger partial charge in [-0.2, -0.15) is 4.94 Å². The van der Waals surface area contributed by atoms with Gasteiger partial charge in [0.1, 0.15) is 6.10 Å². The van der Waals surface area contributed by atoms with Gasteiger partial charge < -0.3 is 4.90 Å². The van der Waals surface area contributed by atoms with Gasteiger partial charge in [0.15, 0.2) is 0 Å². The van der Waals surface area contributed by atoms with E-state index in [1.165, 1.54) is 0 Å². The van der Waals surface area contributed by atoms with Gasteiger partial charge in [0.25, 0.3) is 0 Å². The molecule has 2 nitrogen and oxygen atoms in total. The van der Waals surface area contributed by atoms with Gasteiger partial charge in [-0.3, -0.25) is 0 Å². The minimum atomic E-state index is -0.251. The molecular formula is C9H9BrFNO. The zero-order valence-electron chi connectivity index (χ0n) is 6.91. The van der Waals surface area contributed by atoms with Crippen LogP contribution in [-0.4, -0.2) is 19.2 Å². The summed E-state index contributed by atoms with van der Waals surface area (Å²) in [4.78, 5) is 5.78. The fourth-order valence-corrected chi connectivity index (χ4v) is 1.77. The number of benzene rings is 1. The lowest BCUT2D eigenvalue weighted by atomic mass is 10.1. The first-order valence-corrected chi connectivity index (χ1v) is 4.87. The van der Waals surface area contributed by atoms with Gasteiger partial charge in [0.2, 0.25) is 0 Å². The Kier molecular flexibility index (Phi) is 2.51. The molecule has 1 aromatic rings. The molecular weight excluding hydrogens is 237 g/mol. The smallest absolute Gasteiger partial charge is 0.133 e. The van der Waals surface area contributed by atoms with E-state index in [2.05, 4.69) is 25.8 Å². The summed E-state index contributed by atoms with van der Waals surface area (Å²) in [6, 6.07) is 7.93. The molecule has 0 saturated carbocycles. The molecule has 4 heteroatoms. The normalized spacial score (nSPS) is 17.2. The Bertz CT molecular complexity index is 301. The highest BCUT2D eigenvalue weighted by molar-refractivity contribution is 9.10. The second kappa shape index (κ2) is 3.64. The minimum absolute atomic E-state index is 0.251. The molecule has 0 radical (unpaired) electrons. The largest absolute Gasteiger partial charge is 0.366 e. The molecule has 1 aliphatic heterocycles. The molecule has 70 valence electrons. The Hall–Kier alpha value is -0.610. The van der Waals surface area contributed by atoms with Gasteiger partial charge in [-0.25, -0.2) is 0 Å². The molecule has 0 amide bonds. The van der Waals surface area contributed by atoms with E-state index in [-0.39, 0.29) is 6.10 Å². The molecule has 0 spiro atoms. The fraction of sp³-hybridized carbons (Fsp3) is 0.333. The Morgan fingerprint density at radius 1 is 1.46 bits per heavy atom. The van der Waals surface area contributed by atoms with Gasteiger partial charge in [0, 0.05) is 23.2 Å². The Morgan fingerprint density at radius 3 is 2.85 bits per heavy atom. The second-order valence-electron chi connectivity index (χ2n) is 3.10. The van der Waals surface area contributed by atoms with Gasteiger partial charge in [-0.05, 0) is 22.7 Å². The average Bonchev–Trinajstić information content (AvgIpc) is 2.02. The predicted octanol–water partition coefficient (Wildman–Crippen LogP) is 2.54. The van der Waals surface area contributed by atoms with Crippen molar-refractivity contribution in [2.24, 2.45) is 0 Å². The van der Waals surface area contributed by atoms with Crippen LogP contribution >= 0.6 is 15.9 Å². The first kappa shape index (κ1) is 8.97. The summed E-state index contributed by atoms with van der Waals surface area (Å²) in [5, 5.41) is 0. The molecule has 1 fully saturated rings. The van der Waals surface area contributed by atoms with E-state index in [4.69, 9.17) is 0 Å². The lowest BCUT2D eigenvalue weighted by Crippen LogP contribution is -2.51. The van der Waals surface area contributed by atoms with E-state index < -0.39 is 0 Å². The van der Waals surface area contributed by atoms with Crippen molar-refractivity contribution in [3.05, 3.63) is 28.7 Å². The highest BCUT2D eigenvalue weighted by Gasteiger charge is 2.28. The maximum atomic E-state index is 11.7. The van der Waals surface area contributed by atoms with E-state index in [9.17, 15) is 4.53 Å². The van der Waals surface area contributed by atoms with Crippen molar-refractivity contribution in [3.8, 4) is 0 Å². The SMILES string of the molecule is FOC1CN(c2cccc(Br)c2)C1. The maximum absolute atomic E-state index is 11.7. The van der Waals surface area contributed by atoms with Crippen LogP contribution in [0.3, 0.4) is 0 Å². The highest BCUT2D eigenvalue weighted by Crippen LogP contribution is 2.25. The third-order valence-corrected chi connectivity index (χ3v) is 2.64.